The summed E-state index contributed by atoms with van der Waals surface area (Å²) in [7, 11) is 3.52. The normalized spacial score (nSPS) is 26.5. The molecular weight excluding hydrogens is 581 g/mol. The molecule has 1 aliphatic rings. The van der Waals surface area contributed by atoms with E-state index >= 15 is 8.78 Å². The van der Waals surface area contributed by atoms with Gasteiger partial charge in [0, 0.05) is 14.1 Å². The van der Waals surface area contributed by atoms with Crippen LogP contribution in [-0.4, -0.2) is 81.6 Å². The number of imidazole rings is 1. The summed E-state index contributed by atoms with van der Waals surface area (Å²) >= 11 is 5.58. The summed E-state index contributed by atoms with van der Waals surface area (Å²) in [5.74, 6) is -2.58. The Labute approximate surface area is 241 Å². The van der Waals surface area contributed by atoms with Crippen LogP contribution in [0.25, 0.3) is 11.2 Å². The number of para-hydroxylation sites is 1. The van der Waals surface area contributed by atoms with Crippen molar-refractivity contribution in [2.75, 3.05) is 32.2 Å². The van der Waals surface area contributed by atoms with Crippen LogP contribution in [0.4, 0.5) is 14.6 Å². The molecule has 0 unspecified atom stereocenters. The van der Waals surface area contributed by atoms with Gasteiger partial charge in [0.1, 0.15) is 24.2 Å². The first-order chi connectivity index (χ1) is 19.2. The third-order valence-electron chi connectivity index (χ3n) is 6.32. The van der Waals surface area contributed by atoms with Crippen LogP contribution in [0.2, 0.25) is 0 Å². The van der Waals surface area contributed by atoms with Crippen LogP contribution in [0.3, 0.4) is 0 Å². The van der Waals surface area contributed by atoms with Crippen molar-refractivity contribution in [1.82, 2.24) is 24.6 Å². The number of nitrogens with zero attached hydrogens (tertiary/aromatic N) is 5. The molecule has 1 aliphatic heterocycles. The number of hydrogen-bond acceptors (Lipinski definition) is 11. The Morgan fingerprint density at radius 1 is 1.32 bits per heavy atom. The summed E-state index contributed by atoms with van der Waals surface area (Å²) in [5.41, 5.74) is -2.13. The first kappa shape index (κ1) is 31.1. The molecule has 0 aliphatic carbocycles. The van der Waals surface area contributed by atoms with Gasteiger partial charge in [0.15, 0.2) is 35.0 Å². The lowest BCUT2D eigenvalue weighted by atomic mass is 9.97. The van der Waals surface area contributed by atoms with Gasteiger partial charge in [-0.05, 0) is 51.6 Å². The summed E-state index contributed by atoms with van der Waals surface area (Å²) in [6.45, 7) is 1.19. The van der Waals surface area contributed by atoms with E-state index in [0.29, 0.717) is 17.2 Å². The van der Waals surface area contributed by atoms with Crippen molar-refractivity contribution in [3.63, 3.8) is 0 Å². The molecule has 0 saturated carbocycles. The van der Waals surface area contributed by atoms with Crippen molar-refractivity contribution >= 4 is 41.4 Å². The van der Waals surface area contributed by atoms with Crippen molar-refractivity contribution in [3.8, 4) is 5.75 Å². The van der Waals surface area contributed by atoms with Crippen molar-refractivity contribution < 1.29 is 37.2 Å². The van der Waals surface area contributed by atoms with Crippen molar-refractivity contribution in [1.29, 1.82) is 0 Å². The molecule has 1 aromatic carbocycles. The second kappa shape index (κ2) is 11.8. The van der Waals surface area contributed by atoms with Crippen LogP contribution in [0.5, 0.6) is 5.75 Å². The SMILES string of the molecule is CCOC(=O)[C@H](C)N[P@@](=S)(OC[C@@]1(F)O[C@@H](n2cnc3c(N(C)C)nc(C)nc32)[C@](C)(F)[C@@H]1O)Oc1ccccc1. The second-order valence-electron chi connectivity index (χ2n) is 9.90. The number of ether oxygens (including phenoxy) is 2. The molecule has 1 fully saturated rings. The predicted molar refractivity (Wildman–Crippen MR) is 150 cm³/mol. The van der Waals surface area contributed by atoms with Crippen LogP contribution in [-0.2, 0) is 30.6 Å². The lowest BCUT2D eigenvalue weighted by molar-refractivity contribution is -0.202. The average molecular weight is 615 g/mol. The fraction of sp³-hybridized carbons (Fsp3) is 0.520. The number of fused-ring (bicyclic) bond motifs is 1. The van der Waals surface area contributed by atoms with Gasteiger partial charge in [-0.15, -0.1) is 0 Å². The van der Waals surface area contributed by atoms with E-state index in [1.54, 1.807) is 63.2 Å². The van der Waals surface area contributed by atoms with E-state index in [0.717, 1.165) is 6.92 Å². The average Bonchev–Trinajstić information content (AvgIpc) is 3.40. The fourth-order valence-corrected chi connectivity index (χ4v) is 6.69. The molecular formula is C25H33F2N6O6PS. The van der Waals surface area contributed by atoms with Crippen LogP contribution in [0, 0.1) is 6.92 Å². The summed E-state index contributed by atoms with van der Waals surface area (Å²) in [4.78, 5) is 27.0. The van der Waals surface area contributed by atoms with Crippen LogP contribution >= 0.6 is 6.64 Å². The van der Waals surface area contributed by atoms with Gasteiger partial charge in [-0.25, -0.2) is 28.8 Å². The number of carbonyl (C=O) groups is 1. The van der Waals surface area contributed by atoms with Gasteiger partial charge in [-0.2, -0.15) is 0 Å². The lowest BCUT2D eigenvalue weighted by Crippen LogP contribution is -2.47. The Morgan fingerprint density at radius 3 is 2.63 bits per heavy atom. The number of anilines is 1. The van der Waals surface area contributed by atoms with Crippen molar-refractivity contribution in [3.05, 3.63) is 42.5 Å². The number of esters is 1. The maximum Gasteiger partial charge on any atom is 0.323 e. The molecule has 1 saturated heterocycles. The first-order valence-corrected chi connectivity index (χ1v) is 15.4. The highest BCUT2D eigenvalue weighted by molar-refractivity contribution is 8.09. The van der Waals surface area contributed by atoms with E-state index in [4.69, 9.17) is 30.3 Å². The molecule has 6 atom stereocenters. The molecule has 0 amide bonds. The number of carbonyl (C=O) groups excluding carboxylic acids is 1. The highest BCUT2D eigenvalue weighted by atomic mass is 32.5. The first-order valence-electron chi connectivity index (χ1n) is 12.8. The quantitative estimate of drug-likeness (QED) is 0.242. The molecule has 0 spiro atoms. The zero-order chi connectivity index (χ0) is 30.2. The number of nitrogens with one attached hydrogen (secondary N) is 1. The molecule has 3 heterocycles. The van der Waals surface area contributed by atoms with Gasteiger partial charge in [0.25, 0.3) is 5.85 Å². The molecule has 0 radical (unpaired) electrons. The Balaban J connectivity index is 1.63. The maximum absolute atomic E-state index is 16.3. The second-order valence-corrected chi connectivity index (χ2v) is 13.0. The minimum Gasteiger partial charge on any atom is -0.465 e. The standard InChI is InChI=1S/C25H33F2N6O6PS/c1-7-36-21(34)15(2)31-40(41,39-17-11-9-8-10-12-17)37-13-25(27)22(35)24(4,26)23(38-25)33-14-28-18-19(32(5)6)29-16(3)30-20(18)33/h8-12,14-15,22-23,35H,7,13H2,1-6H3,(H,31,41)/t15-,22-,23+,24+,25+,40+/m0/s1. The van der Waals surface area contributed by atoms with E-state index in [1.165, 1.54) is 17.8 Å². The van der Waals surface area contributed by atoms with Gasteiger partial charge in [-0.3, -0.25) is 9.36 Å². The monoisotopic (exact) mass is 614 g/mol. The number of aliphatic hydroxyl groups is 1. The lowest BCUT2D eigenvalue weighted by Gasteiger charge is -2.30. The summed E-state index contributed by atoms with van der Waals surface area (Å²) < 4.78 is 55.7. The number of benzene rings is 1. The number of hydrogen-bond donors (Lipinski definition) is 2. The fourth-order valence-electron chi connectivity index (χ4n) is 4.29. The molecule has 4 rings (SSSR count). The van der Waals surface area contributed by atoms with E-state index in [9.17, 15) is 9.90 Å². The summed E-state index contributed by atoms with van der Waals surface area (Å²) in [6, 6.07) is 7.33. The van der Waals surface area contributed by atoms with Crippen LogP contribution in [0.1, 0.15) is 32.8 Å². The maximum atomic E-state index is 16.3. The van der Waals surface area contributed by atoms with E-state index < -0.39 is 49.1 Å². The summed E-state index contributed by atoms with van der Waals surface area (Å²) in [6.07, 6.45) is -2.74. The largest absolute Gasteiger partial charge is 0.465 e. The third-order valence-corrected chi connectivity index (χ3v) is 8.80. The molecule has 2 aromatic heterocycles. The van der Waals surface area contributed by atoms with Gasteiger partial charge < -0.3 is 28.5 Å². The van der Waals surface area contributed by atoms with Crippen molar-refractivity contribution in [2.45, 2.75) is 57.6 Å². The highest BCUT2D eigenvalue weighted by Crippen LogP contribution is 2.52. The number of rotatable bonds is 11. The molecule has 2 N–H and O–H groups in total. The Hall–Kier alpha value is -2.81. The van der Waals surface area contributed by atoms with Gasteiger partial charge >= 0.3 is 12.6 Å². The van der Waals surface area contributed by atoms with Gasteiger partial charge in [-0.1, -0.05) is 18.2 Å². The molecule has 16 heteroatoms. The van der Waals surface area contributed by atoms with Crippen molar-refractivity contribution in [2.24, 2.45) is 0 Å². The number of aryl methyl sites for hydroxylation is 1. The van der Waals surface area contributed by atoms with Crippen LogP contribution < -0.4 is 14.5 Å². The number of aliphatic hydroxyl groups excluding tert-OH is 1. The smallest absolute Gasteiger partial charge is 0.323 e. The van der Waals surface area contributed by atoms with Crippen LogP contribution in [0.15, 0.2) is 36.7 Å². The molecule has 12 nitrogen and oxygen atoms in total. The number of alkyl halides is 2. The molecule has 3 aromatic rings. The molecule has 41 heavy (non-hydrogen) atoms. The minimum atomic E-state index is -3.70. The topological polar surface area (TPSA) is 133 Å². The summed E-state index contributed by atoms with van der Waals surface area (Å²) in [5, 5.41) is 13.6. The van der Waals surface area contributed by atoms with E-state index in [-0.39, 0.29) is 18.0 Å². The number of aromatic nitrogens is 4. The molecule has 0 bridgehead atoms. The Morgan fingerprint density at radius 2 is 2.00 bits per heavy atom. The zero-order valence-corrected chi connectivity index (χ0v) is 25.2. The minimum absolute atomic E-state index is 0.127. The van der Waals surface area contributed by atoms with E-state index in [2.05, 4.69) is 20.0 Å². The van der Waals surface area contributed by atoms with Gasteiger partial charge in [0.05, 0.1) is 12.9 Å². The zero-order valence-electron chi connectivity index (χ0n) is 23.4. The Bertz CT molecular complexity index is 1450. The number of halogens is 2. The van der Waals surface area contributed by atoms with E-state index in [1.807, 2.05) is 0 Å². The Kier molecular flexibility index (Phi) is 8.98. The predicted octanol–water partition coefficient (Wildman–Crippen LogP) is 3.35. The van der Waals surface area contributed by atoms with Gasteiger partial charge in [0.2, 0.25) is 0 Å². The highest BCUT2D eigenvalue weighted by Gasteiger charge is 2.65. The molecule has 224 valence electrons. The third kappa shape index (κ3) is 6.35.